The molecule has 1 aliphatic rings. The lowest BCUT2D eigenvalue weighted by molar-refractivity contribution is 0.0766. The van der Waals surface area contributed by atoms with Gasteiger partial charge in [-0.2, -0.15) is 0 Å². The average molecular weight is 291 g/mol. The first kappa shape index (κ1) is 15.7. The molecule has 6 nitrogen and oxygen atoms in total. The van der Waals surface area contributed by atoms with E-state index >= 15 is 0 Å². The number of carbonyl (C=O) groups excluding carboxylic acids is 1. The van der Waals surface area contributed by atoms with E-state index in [2.05, 4.69) is 26.8 Å². The molecule has 1 saturated heterocycles. The third kappa shape index (κ3) is 3.69. The molecule has 0 N–H and O–H groups in total. The van der Waals surface area contributed by atoms with Crippen LogP contribution < -0.4 is 4.90 Å². The van der Waals surface area contributed by atoms with Crippen molar-refractivity contribution in [2.75, 3.05) is 51.2 Å². The van der Waals surface area contributed by atoms with Crippen LogP contribution in [0.2, 0.25) is 0 Å². The molecule has 0 radical (unpaired) electrons. The molecular weight excluding hydrogens is 266 g/mol. The Labute approximate surface area is 126 Å². The highest BCUT2D eigenvalue weighted by molar-refractivity contribution is 5.93. The highest BCUT2D eigenvalue weighted by Crippen LogP contribution is 2.16. The lowest BCUT2D eigenvalue weighted by Gasteiger charge is -2.33. The van der Waals surface area contributed by atoms with E-state index in [1.807, 2.05) is 26.8 Å². The molecule has 116 valence electrons. The van der Waals surface area contributed by atoms with Gasteiger partial charge >= 0.3 is 0 Å². The lowest BCUT2D eigenvalue weighted by Crippen LogP contribution is -2.45. The molecular formula is C15H25N5O. The van der Waals surface area contributed by atoms with Gasteiger partial charge in [0.05, 0.1) is 0 Å². The highest BCUT2D eigenvalue weighted by Gasteiger charge is 2.20. The van der Waals surface area contributed by atoms with Crippen LogP contribution in [-0.2, 0) is 0 Å². The van der Waals surface area contributed by atoms with Crippen LogP contribution in [0.3, 0.4) is 0 Å². The summed E-state index contributed by atoms with van der Waals surface area (Å²) < 4.78 is 0. The van der Waals surface area contributed by atoms with Gasteiger partial charge in [-0.15, -0.1) is 0 Å². The second-order valence-electron chi connectivity index (χ2n) is 5.43. The first-order valence-electron chi connectivity index (χ1n) is 7.63. The molecule has 1 amide bonds. The Bertz CT molecular complexity index is 493. The van der Waals surface area contributed by atoms with Crippen molar-refractivity contribution in [2.45, 2.75) is 20.8 Å². The number of hydrogen-bond acceptors (Lipinski definition) is 5. The molecule has 0 bridgehead atoms. The van der Waals surface area contributed by atoms with Crippen molar-refractivity contribution in [3.8, 4) is 0 Å². The van der Waals surface area contributed by atoms with Crippen LogP contribution in [-0.4, -0.2) is 72.0 Å². The summed E-state index contributed by atoms with van der Waals surface area (Å²) in [6.07, 6.45) is 0. The van der Waals surface area contributed by atoms with Gasteiger partial charge in [0.25, 0.3) is 5.91 Å². The van der Waals surface area contributed by atoms with Crippen LogP contribution in [0.4, 0.5) is 5.82 Å². The molecule has 0 unspecified atom stereocenters. The minimum atomic E-state index is -0.0131. The normalized spacial score (nSPS) is 16.1. The molecule has 1 aromatic heterocycles. The number of piperazine rings is 1. The SMILES string of the molecule is CCN(CC)C(=O)c1cc(N2CCN(C)CC2)nc(C)n1. The summed E-state index contributed by atoms with van der Waals surface area (Å²) in [5.41, 5.74) is 0.500. The minimum Gasteiger partial charge on any atom is -0.354 e. The molecule has 0 atom stereocenters. The second-order valence-corrected chi connectivity index (χ2v) is 5.43. The Morgan fingerprint density at radius 3 is 2.38 bits per heavy atom. The van der Waals surface area contributed by atoms with Crippen molar-refractivity contribution in [1.82, 2.24) is 19.8 Å². The molecule has 2 heterocycles. The molecule has 2 rings (SSSR count). The number of hydrogen-bond donors (Lipinski definition) is 0. The van der Waals surface area contributed by atoms with Gasteiger partial charge in [0.15, 0.2) is 0 Å². The van der Waals surface area contributed by atoms with E-state index in [1.165, 1.54) is 0 Å². The Morgan fingerprint density at radius 1 is 1.19 bits per heavy atom. The van der Waals surface area contributed by atoms with Crippen molar-refractivity contribution in [1.29, 1.82) is 0 Å². The predicted molar refractivity (Wildman–Crippen MR) is 83.7 cm³/mol. The first-order chi connectivity index (χ1) is 10.0. The first-order valence-corrected chi connectivity index (χ1v) is 7.63. The van der Waals surface area contributed by atoms with E-state index < -0.39 is 0 Å². The minimum absolute atomic E-state index is 0.0131. The third-order valence-electron chi connectivity index (χ3n) is 3.92. The predicted octanol–water partition coefficient (Wildman–Crippen LogP) is 1.02. The van der Waals surface area contributed by atoms with Gasteiger partial charge in [0.1, 0.15) is 17.3 Å². The molecule has 0 spiro atoms. The maximum atomic E-state index is 12.5. The number of carbonyl (C=O) groups is 1. The Hall–Kier alpha value is -1.69. The number of rotatable bonds is 4. The quantitative estimate of drug-likeness (QED) is 0.829. The van der Waals surface area contributed by atoms with Crippen molar-refractivity contribution in [3.63, 3.8) is 0 Å². The van der Waals surface area contributed by atoms with Crippen LogP contribution in [0.15, 0.2) is 6.07 Å². The fourth-order valence-corrected chi connectivity index (χ4v) is 2.53. The molecule has 1 fully saturated rings. The van der Waals surface area contributed by atoms with Gasteiger partial charge in [-0.1, -0.05) is 0 Å². The summed E-state index contributed by atoms with van der Waals surface area (Å²) in [6, 6.07) is 1.83. The zero-order chi connectivity index (χ0) is 15.4. The summed E-state index contributed by atoms with van der Waals surface area (Å²) >= 11 is 0. The van der Waals surface area contributed by atoms with Gasteiger partial charge in [0, 0.05) is 45.3 Å². The maximum Gasteiger partial charge on any atom is 0.272 e. The Morgan fingerprint density at radius 2 is 1.81 bits per heavy atom. The van der Waals surface area contributed by atoms with E-state index in [9.17, 15) is 4.79 Å². The fraction of sp³-hybridized carbons (Fsp3) is 0.667. The van der Waals surface area contributed by atoms with Crippen LogP contribution in [0, 0.1) is 6.92 Å². The molecule has 0 aromatic carbocycles. The number of aromatic nitrogens is 2. The Balaban J connectivity index is 2.23. The number of amides is 1. The van der Waals surface area contributed by atoms with E-state index in [0.29, 0.717) is 24.6 Å². The smallest absolute Gasteiger partial charge is 0.272 e. The van der Waals surface area contributed by atoms with Crippen molar-refractivity contribution < 1.29 is 4.79 Å². The summed E-state index contributed by atoms with van der Waals surface area (Å²) in [5, 5.41) is 0. The molecule has 1 aromatic rings. The van der Waals surface area contributed by atoms with E-state index in [-0.39, 0.29) is 5.91 Å². The zero-order valence-corrected chi connectivity index (χ0v) is 13.5. The van der Waals surface area contributed by atoms with Crippen LogP contribution in [0.5, 0.6) is 0 Å². The van der Waals surface area contributed by atoms with Crippen molar-refractivity contribution in [3.05, 3.63) is 17.6 Å². The lowest BCUT2D eigenvalue weighted by atomic mass is 10.2. The van der Waals surface area contributed by atoms with E-state index in [1.54, 1.807) is 4.90 Å². The average Bonchev–Trinajstić information content (AvgIpc) is 2.48. The molecule has 0 aliphatic carbocycles. The van der Waals surface area contributed by atoms with Crippen LogP contribution in [0.1, 0.15) is 30.2 Å². The van der Waals surface area contributed by atoms with E-state index in [4.69, 9.17) is 0 Å². The zero-order valence-electron chi connectivity index (χ0n) is 13.5. The summed E-state index contributed by atoms with van der Waals surface area (Å²) in [5.74, 6) is 1.51. The molecule has 1 aliphatic heterocycles. The number of nitrogens with zero attached hydrogens (tertiary/aromatic N) is 5. The van der Waals surface area contributed by atoms with Crippen LogP contribution >= 0.6 is 0 Å². The van der Waals surface area contributed by atoms with Crippen LogP contribution in [0.25, 0.3) is 0 Å². The topological polar surface area (TPSA) is 52.6 Å². The van der Waals surface area contributed by atoms with Crippen molar-refractivity contribution >= 4 is 11.7 Å². The molecule has 6 heteroatoms. The number of aryl methyl sites for hydroxylation is 1. The van der Waals surface area contributed by atoms with Crippen molar-refractivity contribution in [2.24, 2.45) is 0 Å². The fourth-order valence-electron chi connectivity index (χ4n) is 2.53. The number of anilines is 1. The van der Waals surface area contributed by atoms with Gasteiger partial charge < -0.3 is 14.7 Å². The molecule has 0 saturated carbocycles. The number of likely N-dealkylation sites (N-methyl/N-ethyl adjacent to an activating group) is 1. The Kier molecular flexibility index (Phi) is 5.12. The maximum absolute atomic E-state index is 12.5. The van der Waals surface area contributed by atoms with E-state index in [0.717, 1.165) is 32.0 Å². The highest BCUT2D eigenvalue weighted by atomic mass is 16.2. The largest absolute Gasteiger partial charge is 0.354 e. The van der Waals surface area contributed by atoms with Gasteiger partial charge in [0.2, 0.25) is 0 Å². The second kappa shape index (κ2) is 6.85. The summed E-state index contributed by atoms with van der Waals surface area (Å²) in [4.78, 5) is 27.6. The van der Waals surface area contributed by atoms with Gasteiger partial charge in [-0.05, 0) is 27.8 Å². The third-order valence-corrected chi connectivity index (χ3v) is 3.92. The summed E-state index contributed by atoms with van der Waals surface area (Å²) in [7, 11) is 2.12. The standard InChI is InChI=1S/C15H25N5O/c1-5-19(6-2)15(21)13-11-14(17-12(3)16-13)20-9-7-18(4)8-10-20/h11H,5-10H2,1-4H3. The molecule has 21 heavy (non-hydrogen) atoms. The monoisotopic (exact) mass is 291 g/mol. The summed E-state index contributed by atoms with van der Waals surface area (Å²) in [6.45, 7) is 11.1. The van der Waals surface area contributed by atoms with Gasteiger partial charge in [-0.25, -0.2) is 9.97 Å². The van der Waals surface area contributed by atoms with Gasteiger partial charge in [-0.3, -0.25) is 4.79 Å².